The number of methoxy groups -OCH3 is 1. The number of hydrogen-bond donors (Lipinski definition) is 1. The van der Waals surface area contributed by atoms with E-state index in [1.54, 1.807) is 0 Å². The smallest absolute Gasteiger partial charge is 0.411 e. The van der Waals surface area contributed by atoms with Crippen molar-refractivity contribution in [1.82, 2.24) is 5.32 Å². The molecule has 1 aliphatic rings. The summed E-state index contributed by atoms with van der Waals surface area (Å²) in [5.41, 5.74) is 0.775. The maximum absolute atomic E-state index is 13.0. The summed E-state index contributed by atoms with van der Waals surface area (Å²) in [5.74, 6) is -1.70. The van der Waals surface area contributed by atoms with E-state index in [1.165, 1.54) is 13.2 Å². The Morgan fingerprint density at radius 1 is 1.41 bits per heavy atom. The quantitative estimate of drug-likeness (QED) is 0.818. The molecule has 1 aliphatic heterocycles. The summed E-state index contributed by atoms with van der Waals surface area (Å²) in [6.45, 7) is 0.0627. The summed E-state index contributed by atoms with van der Waals surface area (Å²) in [5, 5.41) is 2.40. The van der Waals surface area contributed by atoms with Gasteiger partial charge in [0.05, 0.1) is 12.8 Å². The Balaban J connectivity index is 2.28. The van der Waals surface area contributed by atoms with Gasteiger partial charge in [-0.2, -0.15) is 0 Å². The number of carbonyl (C=O) groups excluding carboxylic acids is 1. The predicted molar refractivity (Wildman–Crippen MR) is 55.4 cm³/mol. The number of fused-ring (bicyclic) bond motifs is 1. The molecule has 0 bridgehead atoms. The molecule has 1 aromatic carbocycles. The van der Waals surface area contributed by atoms with Crippen LogP contribution in [-0.4, -0.2) is 19.8 Å². The Hall–Kier alpha value is -2.11. The molecule has 1 N–H and O–H groups in total. The molecule has 1 heterocycles. The van der Waals surface area contributed by atoms with Crippen LogP contribution in [0.1, 0.15) is 5.56 Å². The molecular formula is C11H9F2NO3. The Morgan fingerprint density at radius 2 is 2.12 bits per heavy atom. The molecule has 90 valence electrons. The van der Waals surface area contributed by atoms with Crippen LogP contribution in [0.2, 0.25) is 0 Å². The average Bonchev–Trinajstić information content (AvgIpc) is 2.31. The molecule has 0 aliphatic carbocycles. The number of benzene rings is 1. The topological polar surface area (TPSA) is 47.6 Å². The summed E-state index contributed by atoms with van der Waals surface area (Å²) < 4.78 is 35.5. The molecule has 0 atom stereocenters. The van der Waals surface area contributed by atoms with Crippen molar-refractivity contribution in [3.63, 3.8) is 0 Å². The highest BCUT2D eigenvalue weighted by Crippen LogP contribution is 2.27. The van der Waals surface area contributed by atoms with Gasteiger partial charge >= 0.3 is 6.09 Å². The van der Waals surface area contributed by atoms with Crippen molar-refractivity contribution in [1.29, 1.82) is 0 Å². The fourth-order valence-electron chi connectivity index (χ4n) is 1.42. The van der Waals surface area contributed by atoms with Crippen molar-refractivity contribution in [2.45, 2.75) is 0 Å². The van der Waals surface area contributed by atoms with E-state index >= 15 is 0 Å². The molecule has 4 nitrogen and oxygen atoms in total. The van der Waals surface area contributed by atoms with Gasteiger partial charge in [-0.3, -0.25) is 5.32 Å². The van der Waals surface area contributed by atoms with Crippen molar-refractivity contribution in [2.75, 3.05) is 13.7 Å². The van der Waals surface area contributed by atoms with Crippen molar-refractivity contribution in [3.05, 3.63) is 35.0 Å². The van der Waals surface area contributed by atoms with Crippen molar-refractivity contribution in [2.24, 2.45) is 0 Å². The molecule has 0 aromatic heterocycles. The van der Waals surface area contributed by atoms with E-state index in [1.807, 2.05) is 0 Å². The first-order valence-corrected chi connectivity index (χ1v) is 4.77. The van der Waals surface area contributed by atoms with Crippen LogP contribution in [0.15, 0.2) is 17.8 Å². The van der Waals surface area contributed by atoms with E-state index in [0.29, 0.717) is 11.3 Å². The molecule has 17 heavy (non-hydrogen) atoms. The highest BCUT2D eigenvalue weighted by Gasteiger charge is 2.16. The maximum atomic E-state index is 13.0. The largest absolute Gasteiger partial charge is 0.487 e. The third-order valence-electron chi connectivity index (χ3n) is 2.21. The van der Waals surface area contributed by atoms with E-state index in [2.05, 4.69) is 10.1 Å². The van der Waals surface area contributed by atoms with Gasteiger partial charge in [-0.05, 0) is 12.1 Å². The maximum Gasteiger partial charge on any atom is 0.411 e. The van der Waals surface area contributed by atoms with Gasteiger partial charge in [0.15, 0.2) is 11.6 Å². The first kappa shape index (κ1) is 11.4. The van der Waals surface area contributed by atoms with E-state index in [9.17, 15) is 13.6 Å². The summed E-state index contributed by atoms with van der Waals surface area (Å²) in [6, 6.07) is 1.97. The van der Waals surface area contributed by atoms with Crippen LogP contribution in [0.25, 0.3) is 6.08 Å². The summed E-state index contributed by atoms with van der Waals surface area (Å²) in [6.07, 6.45) is 0.851. The van der Waals surface area contributed by atoms with Gasteiger partial charge in [0, 0.05) is 11.6 Å². The fourth-order valence-corrected chi connectivity index (χ4v) is 1.42. The first-order chi connectivity index (χ1) is 8.10. The van der Waals surface area contributed by atoms with Crippen molar-refractivity contribution < 1.29 is 23.0 Å². The molecule has 0 radical (unpaired) electrons. The Morgan fingerprint density at radius 3 is 2.82 bits per heavy atom. The van der Waals surface area contributed by atoms with Crippen molar-refractivity contribution >= 4 is 12.2 Å². The minimum absolute atomic E-state index is 0.0627. The molecule has 6 heteroatoms. The standard InChI is InChI=1S/C11H9F2NO3/c1-16-11(15)14-7-2-6-3-8(12)9(13)4-10(6)17-5-7/h2-4H,5H2,1H3,(H,14,15). The zero-order chi connectivity index (χ0) is 12.4. The molecule has 0 spiro atoms. The second-order valence-corrected chi connectivity index (χ2v) is 3.38. The van der Waals surface area contributed by atoms with Crippen LogP contribution in [-0.2, 0) is 4.74 Å². The van der Waals surface area contributed by atoms with Crippen LogP contribution in [0, 0.1) is 11.6 Å². The monoisotopic (exact) mass is 241 g/mol. The molecule has 0 saturated heterocycles. The third-order valence-corrected chi connectivity index (χ3v) is 2.21. The van der Waals surface area contributed by atoms with Crippen LogP contribution < -0.4 is 10.1 Å². The van der Waals surface area contributed by atoms with E-state index in [4.69, 9.17) is 4.74 Å². The Kier molecular flexibility index (Phi) is 2.95. The molecule has 0 unspecified atom stereocenters. The molecule has 0 saturated carbocycles. The SMILES string of the molecule is COC(=O)NC1=Cc2cc(F)c(F)cc2OC1. The minimum Gasteiger partial charge on any atom is -0.487 e. The Labute approximate surface area is 95.8 Å². The average molecular weight is 241 g/mol. The lowest BCUT2D eigenvalue weighted by Gasteiger charge is -2.18. The van der Waals surface area contributed by atoms with Crippen LogP contribution in [0.3, 0.4) is 0 Å². The predicted octanol–water partition coefficient (Wildman–Crippen LogP) is 2.05. The van der Waals surface area contributed by atoms with E-state index in [-0.39, 0.29) is 12.4 Å². The zero-order valence-corrected chi connectivity index (χ0v) is 8.92. The van der Waals surface area contributed by atoms with Crippen molar-refractivity contribution in [3.8, 4) is 5.75 Å². The van der Waals surface area contributed by atoms with Gasteiger partial charge in [0.1, 0.15) is 12.4 Å². The molecule has 2 rings (SSSR count). The third kappa shape index (κ3) is 2.35. The van der Waals surface area contributed by atoms with Crippen LogP contribution in [0.4, 0.5) is 13.6 Å². The highest BCUT2D eigenvalue weighted by molar-refractivity contribution is 5.73. The van der Waals surface area contributed by atoms with Crippen LogP contribution >= 0.6 is 0 Å². The Bertz CT molecular complexity index is 500. The highest BCUT2D eigenvalue weighted by atomic mass is 19.2. The number of amides is 1. The van der Waals surface area contributed by atoms with Gasteiger partial charge in [-0.1, -0.05) is 0 Å². The number of hydrogen-bond acceptors (Lipinski definition) is 3. The summed E-state index contributed by atoms with van der Waals surface area (Å²) >= 11 is 0. The minimum atomic E-state index is -0.971. The lowest BCUT2D eigenvalue weighted by atomic mass is 10.1. The fraction of sp³-hybridized carbons (Fsp3) is 0.182. The van der Waals surface area contributed by atoms with Crippen LogP contribution in [0.5, 0.6) is 5.75 Å². The first-order valence-electron chi connectivity index (χ1n) is 4.77. The molecular weight excluding hydrogens is 232 g/mol. The van der Waals surface area contributed by atoms with Gasteiger partial charge in [-0.25, -0.2) is 13.6 Å². The van der Waals surface area contributed by atoms with Gasteiger partial charge in [0.2, 0.25) is 0 Å². The lowest BCUT2D eigenvalue weighted by Crippen LogP contribution is -2.27. The lowest BCUT2D eigenvalue weighted by molar-refractivity contribution is 0.172. The van der Waals surface area contributed by atoms with Gasteiger partial charge < -0.3 is 9.47 Å². The number of carbonyl (C=O) groups is 1. The van der Waals surface area contributed by atoms with E-state index < -0.39 is 17.7 Å². The van der Waals surface area contributed by atoms with Gasteiger partial charge in [-0.15, -0.1) is 0 Å². The zero-order valence-electron chi connectivity index (χ0n) is 8.92. The second-order valence-electron chi connectivity index (χ2n) is 3.38. The normalized spacial score (nSPS) is 13.2. The van der Waals surface area contributed by atoms with Gasteiger partial charge in [0.25, 0.3) is 0 Å². The number of alkyl carbamates (subject to hydrolysis) is 1. The number of rotatable bonds is 1. The number of ether oxygens (including phenoxy) is 2. The summed E-state index contributed by atoms with van der Waals surface area (Å²) in [4.78, 5) is 10.9. The number of nitrogens with one attached hydrogen (secondary N) is 1. The molecule has 1 aromatic rings. The second kappa shape index (κ2) is 4.40. The van der Waals surface area contributed by atoms with E-state index in [0.717, 1.165) is 12.1 Å². The molecule has 1 amide bonds. The molecule has 0 fully saturated rings. The number of halogens is 2. The summed E-state index contributed by atoms with van der Waals surface area (Å²) in [7, 11) is 1.22.